The van der Waals surface area contributed by atoms with E-state index in [1.165, 1.54) is 0 Å². The molecule has 124 valence electrons. The number of hydrogen-bond acceptors (Lipinski definition) is 5. The predicted molar refractivity (Wildman–Crippen MR) is 87.4 cm³/mol. The third kappa shape index (κ3) is 3.48. The van der Waals surface area contributed by atoms with Crippen LogP contribution in [0.3, 0.4) is 0 Å². The fourth-order valence-corrected chi connectivity index (χ4v) is 2.31. The van der Waals surface area contributed by atoms with Gasteiger partial charge in [-0.1, -0.05) is 18.2 Å². The maximum absolute atomic E-state index is 12.4. The molecule has 24 heavy (non-hydrogen) atoms. The Hall–Kier alpha value is -3.02. The number of para-hydroxylation sites is 2. The van der Waals surface area contributed by atoms with E-state index in [1.54, 1.807) is 43.3 Å². The van der Waals surface area contributed by atoms with Gasteiger partial charge >= 0.3 is 5.97 Å². The highest BCUT2D eigenvalue weighted by molar-refractivity contribution is 5.96. The molecule has 2 aromatic carbocycles. The number of carbonyl (C=O) groups excluding carboxylic acids is 2. The molecule has 0 saturated heterocycles. The Morgan fingerprint density at radius 1 is 1.17 bits per heavy atom. The smallest absolute Gasteiger partial charge is 0.338 e. The zero-order valence-electron chi connectivity index (χ0n) is 13.2. The van der Waals surface area contributed by atoms with Crippen molar-refractivity contribution in [1.82, 2.24) is 0 Å². The van der Waals surface area contributed by atoms with E-state index < -0.39 is 12.1 Å². The average molecular weight is 327 g/mol. The van der Waals surface area contributed by atoms with Crippen molar-refractivity contribution in [2.45, 2.75) is 13.0 Å². The molecule has 6 heteroatoms. The number of ether oxygens (including phenoxy) is 3. The number of nitrogens with one attached hydrogen (secondary N) is 1. The minimum atomic E-state index is -0.758. The zero-order valence-corrected chi connectivity index (χ0v) is 13.2. The van der Waals surface area contributed by atoms with Crippen LogP contribution in [0.2, 0.25) is 0 Å². The van der Waals surface area contributed by atoms with Crippen molar-refractivity contribution in [2.24, 2.45) is 0 Å². The van der Waals surface area contributed by atoms with E-state index in [0.29, 0.717) is 29.4 Å². The van der Waals surface area contributed by atoms with Gasteiger partial charge in [0.1, 0.15) is 6.61 Å². The van der Waals surface area contributed by atoms with Gasteiger partial charge < -0.3 is 19.5 Å². The van der Waals surface area contributed by atoms with Gasteiger partial charge in [0.05, 0.1) is 12.2 Å². The number of anilines is 1. The van der Waals surface area contributed by atoms with Crippen LogP contribution in [0, 0.1) is 0 Å². The van der Waals surface area contributed by atoms with Crippen LogP contribution in [0.15, 0.2) is 48.5 Å². The second-order valence-electron chi connectivity index (χ2n) is 5.15. The highest BCUT2D eigenvalue weighted by Gasteiger charge is 2.27. The van der Waals surface area contributed by atoms with Crippen molar-refractivity contribution < 1.29 is 23.8 Å². The second-order valence-corrected chi connectivity index (χ2v) is 5.15. The van der Waals surface area contributed by atoms with E-state index in [2.05, 4.69) is 5.32 Å². The van der Waals surface area contributed by atoms with Gasteiger partial charge in [0.2, 0.25) is 6.10 Å². The number of benzene rings is 2. The van der Waals surface area contributed by atoms with Crippen molar-refractivity contribution in [1.29, 1.82) is 0 Å². The molecule has 0 spiro atoms. The molecule has 1 aliphatic heterocycles. The van der Waals surface area contributed by atoms with E-state index in [1.807, 2.05) is 12.1 Å². The van der Waals surface area contributed by atoms with E-state index in [0.717, 1.165) is 0 Å². The number of amides is 1. The van der Waals surface area contributed by atoms with Crippen molar-refractivity contribution in [3.8, 4) is 11.5 Å². The van der Waals surface area contributed by atoms with Gasteiger partial charge in [-0.2, -0.15) is 0 Å². The molecule has 0 aromatic heterocycles. The molecule has 1 aliphatic rings. The highest BCUT2D eigenvalue weighted by atomic mass is 16.6. The maximum Gasteiger partial charge on any atom is 0.338 e. The lowest BCUT2D eigenvalue weighted by molar-refractivity contribution is -0.125. The molecular formula is C18H17NO5. The minimum Gasteiger partial charge on any atom is -0.485 e. The molecular weight excluding hydrogens is 310 g/mol. The number of rotatable bonds is 4. The van der Waals surface area contributed by atoms with Crippen LogP contribution in [0.1, 0.15) is 17.3 Å². The van der Waals surface area contributed by atoms with Gasteiger partial charge in [-0.25, -0.2) is 4.79 Å². The van der Waals surface area contributed by atoms with Crippen molar-refractivity contribution in [3.63, 3.8) is 0 Å². The molecule has 1 amide bonds. The van der Waals surface area contributed by atoms with Crippen LogP contribution in [-0.2, 0) is 9.53 Å². The van der Waals surface area contributed by atoms with Crippen molar-refractivity contribution >= 4 is 17.6 Å². The molecule has 0 fully saturated rings. The molecule has 0 bridgehead atoms. The SMILES string of the molecule is CCOC(=O)c1cccc(NC(=O)C2COc3ccccc3O2)c1. The Labute approximate surface area is 139 Å². The second kappa shape index (κ2) is 7.04. The highest BCUT2D eigenvalue weighted by Crippen LogP contribution is 2.31. The average Bonchev–Trinajstić information content (AvgIpc) is 2.61. The number of hydrogen-bond donors (Lipinski definition) is 1. The van der Waals surface area contributed by atoms with Gasteiger partial charge in [0.25, 0.3) is 5.91 Å². The van der Waals surface area contributed by atoms with Crippen molar-refractivity contribution in [3.05, 3.63) is 54.1 Å². The predicted octanol–water partition coefficient (Wildman–Crippen LogP) is 2.64. The Kier molecular flexibility index (Phi) is 4.65. The van der Waals surface area contributed by atoms with E-state index in [9.17, 15) is 9.59 Å². The number of fused-ring (bicyclic) bond motifs is 1. The summed E-state index contributed by atoms with van der Waals surface area (Å²) in [7, 11) is 0. The van der Waals surface area contributed by atoms with Crippen LogP contribution in [-0.4, -0.2) is 31.2 Å². The summed E-state index contributed by atoms with van der Waals surface area (Å²) in [6.07, 6.45) is -0.758. The Morgan fingerprint density at radius 2 is 1.96 bits per heavy atom. The molecule has 0 radical (unpaired) electrons. The van der Waals surface area contributed by atoms with Crippen LogP contribution in [0.25, 0.3) is 0 Å². The fourth-order valence-electron chi connectivity index (χ4n) is 2.31. The van der Waals surface area contributed by atoms with Gasteiger partial charge in [-0.3, -0.25) is 4.79 Å². The third-order valence-corrected chi connectivity index (χ3v) is 3.44. The van der Waals surface area contributed by atoms with Gasteiger partial charge in [-0.05, 0) is 37.3 Å². The standard InChI is InChI=1S/C18H17NO5/c1-2-22-18(21)12-6-5-7-13(10-12)19-17(20)16-11-23-14-8-3-4-9-15(14)24-16/h3-10,16H,2,11H2,1H3,(H,19,20). The summed E-state index contributed by atoms with van der Waals surface area (Å²) < 4.78 is 16.1. The monoisotopic (exact) mass is 327 g/mol. The lowest BCUT2D eigenvalue weighted by Gasteiger charge is -2.25. The summed E-state index contributed by atoms with van der Waals surface area (Å²) in [6.45, 7) is 2.16. The molecule has 1 atom stereocenters. The first-order valence-electron chi connectivity index (χ1n) is 7.64. The summed E-state index contributed by atoms with van der Waals surface area (Å²) >= 11 is 0. The van der Waals surface area contributed by atoms with E-state index in [4.69, 9.17) is 14.2 Å². The largest absolute Gasteiger partial charge is 0.485 e. The summed E-state index contributed by atoms with van der Waals surface area (Å²) in [5.41, 5.74) is 0.869. The molecule has 6 nitrogen and oxygen atoms in total. The van der Waals surface area contributed by atoms with E-state index >= 15 is 0 Å². The molecule has 2 aromatic rings. The quantitative estimate of drug-likeness (QED) is 0.874. The van der Waals surface area contributed by atoms with Gasteiger partial charge in [-0.15, -0.1) is 0 Å². The Balaban J connectivity index is 1.67. The molecule has 0 aliphatic carbocycles. The maximum atomic E-state index is 12.4. The third-order valence-electron chi connectivity index (χ3n) is 3.44. The molecule has 1 N–H and O–H groups in total. The summed E-state index contributed by atoms with van der Waals surface area (Å²) in [5, 5.41) is 2.73. The van der Waals surface area contributed by atoms with Crippen LogP contribution < -0.4 is 14.8 Å². The van der Waals surface area contributed by atoms with Crippen LogP contribution >= 0.6 is 0 Å². The lowest BCUT2D eigenvalue weighted by atomic mass is 10.2. The fraction of sp³-hybridized carbons (Fsp3) is 0.222. The first-order chi connectivity index (χ1) is 11.7. The Morgan fingerprint density at radius 3 is 2.75 bits per heavy atom. The first-order valence-corrected chi connectivity index (χ1v) is 7.64. The molecule has 1 unspecified atom stereocenters. The number of carbonyl (C=O) groups is 2. The molecule has 1 heterocycles. The molecule has 0 saturated carbocycles. The number of esters is 1. The summed E-state index contributed by atoms with van der Waals surface area (Å²) in [6, 6.07) is 13.7. The first kappa shape index (κ1) is 15.9. The Bertz CT molecular complexity index is 759. The summed E-state index contributed by atoms with van der Waals surface area (Å²) in [4.78, 5) is 24.1. The van der Waals surface area contributed by atoms with E-state index in [-0.39, 0.29) is 12.5 Å². The zero-order chi connectivity index (χ0) is 16.9. The van der Waals surface area contributed by atoms with Crippen molar-refractivity contribution in [2.75, 3.05) is 18.5 Å². The summed E-state index contributed by atoms with van der Waals surface area (Å²) in [5.74, 6) is 0.375. The minimum absolute atomic E-state index is 0.125. The molecule has 3 rings (SSSR count). The van der Waals surface area contributed by atoms with Gasteiger partial charge in [0.15, 0.2) is 11.5 Å². The van der Waals surface area contributed by atoms with Gasteiger partial charge in [0, 0.05) is 5.69 Å². The lowest BCUT2D eigenvalue weighted by Crippen LogP contribution is -2.40. The van der Waals surface area contributed by atoms with Crippen LogP contribution in [0.4, 0.5) is 5.69 Å². The topological polar surface area (TPSA) is 73.9 Å². The van der Waals surface area contributed by atoms with Crippen LogP contribution in [0.5, 0.6) is 11.5 Å². The normalized spacial score (nSPS) is 15.5.